The summed E-state index contributed by atoms with van der Waals surface area (Å²) in [5.41, 5.74) is 1.65. The van der Waals surface area contributed by atoms with E-state index in [4.69, 9.17) is 11.2 Å². The maximum Gasteiger partial charge on any atom is 0.129 e. The number of aromatic nitrogens is 1. The summed E-state index contributed by atoms with van der Waals surface area (Å²) in [6.07, 6.45) is 4.79. The lowest BCUT2D eigenvalue weighted by atomic mass is 10.1. The zero-order chi connectivity index (χ0) is 17.2. The van der Waals surface area contributed by atoms with E-state index < -0.39 is 11.6 Å². The molecule has 0 unspecified atom stereocenters. The lowest BCUT2D eigenvalue weighted by Gasteiger charge is -2.22. The number of aromatic amines is 1. The monoisotopic (exact) mass is 322 g/mol. The van der Waals surface area contributed by atoms with Gasteiger partial charge in [-0.15, -0.1) is 6.42 Å². The largest absolute Gasteiger partial charge is 0.490 e. The van der Waals surface area contributed by atoms with Crippen LogP contribution in [0.1, 0.15) is 13.8 Å². The van der Waals surface area contributed by atoms with Crippen LogP contribution in [0.5, 0.6) is 5.75 Å². The molecular weight excluding hydrogens is 300 g/mol. The molecular formula is C20H22N2O2. The third kappa shape index (κ3) is 3.38. The molecule has 0 bridgehead atoms. The number of aliphatic hydroxyl groups is 1. The molecule has 24 heavy (non-hydrogen) atoms. The third-order valence-corrected chi connectivity index (χ3v) is 4.06. The van der Waals surface area contributed by atoms with Gasteiger partial charge in [-0.3, -0.25) is 5.32 Å². The van der Waals surface area contributed by atoms with Gasteiger partial charge < -0.3 is 14.8 Å². The second kappa shape index (κ2) is 6.56. The summed E-state index contributed by atoms with van der Waals surface area (Å²) in [4.78, 5) is 3.38. The predicted octanol–water partition coefficient (Wildman–Crippen LogP) is 3.06. The fourth-order valence-electron chi connectivity index (χ4n) is 2.66. The number of hydrogen-bond acceptors (Lipinski definition) is 3. The summed E-state index contributed by atoms with van der Waals surface area (Å²) in [5.74, 6) is 3.41. The van der Waals surface area contributed by atoms with Crippen molar-refractivity contribution in [2.24, 2.45) is 0 Å². The molecule has 4 heteroatoms. The van der Waals surface area contributed by atoms with Crippen molar-refractivity contribution in [1.29, 1.82) is 0 Å². The number of aliphatic hydroxyl groups excluding tert-OH is 1. The van der Waals surface area contributed by atoms with Gasteiger partial charge >= 0.3 is 0 Å². The Bertz CT molecular complexity index is 889. The van der Waals surface area contributed by atoms with E-state index in [-0.39, 0.29) is 6.61 Å². The first kappa shape index (κ1) is 16.4. The molecule has 3 N–H and O–H groups in total. The fourth-order valence-corrected chi connectivity index (χ4v) is 2.66. The van der Waals surface area contributed by atoms with Crippen LogP contribution in [-0.4, -0.2) is 34.9 Å². The lowest BCUT2D eigenvalue weighted by Crippen LogP contribution is -2.43. The first-order valence-corrected chi connectivity index (χ1v) is 8.03. The van der Waals surface area contributed by atoms with Gasteiger partial charge in [0.25, 0.3) is 0 Å². The molecule has 3 aromatic rings. The van der Waals surface area contributed by atoms with E-state index in [0.29, 0.717) is 6.54 Å². The van der Waals surface area contributed by atoms with Crippen molar-refractivity contribution in [3.05, 3.63) is 42.5 Å². The summed E-state index contributed by atoms with van der Waals surface area (Å²) in [6.45, 7) is 4.37. The van der Waals surface area contributed by atoms with Crippen molar-refractivity contribution in [3.8, 4) is 18.1 Å². The predicted molar refractivity (Wildman–Crippen MR) is 98.2 cm³/mol. The van der Waals surface area contributed by atoms with Gasteiger partial charge in [0.15, 0.2) is 0 Å². The van der Waals surface area contributed by atoms with Crippen molar-refractivity contribution >= 4 is 21.8 Å². The zero-order valence-corrected chi connectivity index (χ0v) is 14.0. The molecule has 0 saturated heterocycles. The molecule has 0 aliphatic rings. The number of ether oxygens (including phenoxy) is 1. The van der Waals surface area contributed by atoms with E-state index in [1.807, 2.05) is 50.2 Å². The van der Waals surface area contributed by atoms with Gasteiger partial charge in [0.1, 0.15) is 18.5 Å². The molecule has 1 heterocycles. The van der Waals surface area contributed by atoms with Crippen LogP contribution in [0.2, 0.25) is 0 Å². The van der Waals surface area contributed by atoms with Gasteiger partial charge in [0.2, 0.25) is 0 Å². The molecule has 0 fully saturated rings. The smallest absolute Gasteiger partial charge is 0.129 e. The van der Waals surface area contributed by atoms with Crippen molar-refractivity contribution in [2.75, 3.05) is 13.2 Å². The SMILES string of the molecule is C#CC(C)(C)NC[C@H](O)COc1cccc2[nH]c3ccccc3c12. The van der Waals surface area contributed by atoms with Crippen LogP contribution in [0.4, 0.5) is 0 Å². The van der Waals surface area contributed by atoms with E-state index in [9.17, 15) is 5.11 Å². The quantitative estimate of drug-likeness (QED) is 0.611. The van der Waals surface area contributed by atoms with Crippen LogP contribution in [0.25, 0.3) is 21.8 Å². The summed E-state index contributed by atoms with van der Waals surface area (Å²) >= 11 is 0. The number of terminal acetylenes is 1. The zero-order valence-electron chi connectivity index (χ0n) is 14.0. The third-order valence-electron chi connectivity index (χ3n) is 4.06. The minimum atomic E-state index is -0.641. The Hall–Kier alpha value is -2.48. The molecule has 1 atom stereocenters. The Morgan fingerprint density at radius 2 is 1.96 bits per heavy atom. The average molecular weight is 322 g/mol. The summed E-state index contributed by atoms with van der Waals surface area (Å²) in [5, 5.41) is 15.4. The molecule has 4 nitrogen and oxygen atoms in total. The van der Waals surface area contributed by atoms with E-state index in [1.54, 1.807) is 0 Å². The van der Waals surface area contributed by atoms with E-state index in [2.05, 4.69) is 22.3 Å². The molecule has 0 aliphatic heterocycles. The van der Waals surface area contributed by atoms with Crippen molar-refractivity contribution in [2.45, 2.75) is 25.5 Å². The molecule has 0 amide bonds. The lowest BCUT2D eigenvalue weighted by molar-refractivity contribution is 0.103. The van der Waals surface area contributed by atoms with Crippen LogP contribution in [0.15, 0.2) is 42.5 Å². The molecule has 2 aromatic carbocycles. The first-order valence-electron chi connectivity index (χ1n) is 8.03. The van der Waals surface area contributed by atoms with Crippen molar-refractivity contribution < 1.29 is 9.84 Å². The number of benzene rings is 2. The number of rotatable bonds is 6. The normalized spacial score (nSPS) is 13.1. The molecule has 0 aliphatic carbocycles. The van der Waals surface area contributed by atoms with E-state index in [0.717, 1.165) is 27.6 Å². The Balaban J connectivity index is 1.75. The minimum absolute atomic E-state index is 0.201. The molecule has 3 rings (SSSR count). The fraction of sp³-hybridized carbons (Fsp3) is 0.300. The Morgan fingerprint density at radius 1 is 1.21 bits per heavy atom. The highest BCUT2D eigenvalue weighted by molar-refractivity contribution is 6.10. The molecule has 124 valence electrons. The maximum atomic E-state index is 10.1. The van der Waals surface area contributed by atoms with Gasteiger partial charge in [-0.1, -0.05) is 30.2 Å². The number of para-hydroxylation sites is 1. The van der Waals surface area contributed by atoms with Gasteiger partial charge in [-0.05, 0) is 32.0 Å². The highest BCUT2D eigenvalue weighted by Crippen LogP contribution is 2.32. The van der Waals surface area contributed by atoms with Crippen molar-refractivity contribution in [3.63, 3.8) is 0 Å². The number of fused-ring (bicyclic) bond motifs is 3. The Morgan fingerprint density at radius 3 is 2.75 bits per heavy atom. The summed E-state index contributed by atoms with van der Waals surface area (Å²) in [6, 6.07) is 14.0. The summed E-state index contributed by atoms with van der Waals surface area (Å²) in [7, 11) is 0. The van der Waals surface area contributed by atoms with Crippen LogP contribution in [0.3, 0.4) is 0 Å². The minimum Gasteiger partial charge on any atom is -0.490 e. The van der Waals surface area contributed by atoms with E-state index in [1.165, 1.54) is 0 Å². The van der Waals surface area contributed by atoms with E-state index >= 15 is 0 Å². The number of β-amino-alcohol motifs (C(OH)–C–C–N with tert-alkyl or cyclic N) is 1. The second-order valence-electron chi connectivity index (χ2n) is 6.46. The second-order valence-corrected chi connectivity index (χ2v) is 6.46. The van der Waals surface area contributed by atoms with Gasteiger partial charge in [-0.25, -0.2) is 0 Å². The maximum absolute atomic E-state index is 10.1. The molecule has 0 radical (unpaired) electrons. The Kier molecular flexibility index (Phi) is 4.48. The van der Waals surface area contributed by atoms with Gasteiger partial charge in [-0.2, -0.15) is 0 Å². The van der Waals surface area contributed by atoms with Gasteiger partial charge in [0.05, 0.1) is 11.1 Å². The van der Waals surface area contributed by atoms with Gasteiger partial charge in [0, 0.05) is 22.8 Å². The first-order chi connectivity index (χ1) is 11.5. The van der Waals surface area contributed by atoms with Crippen LogP contribution in [0, 0.1) is 12.3 Å². The molecule has 0 spiro atoms. The highest BCUT2D eigenvalue weighted by atomic mass is 16.5. The van der Waals surface area contributed by atoms with Crippen LogP contribution in [-0.2, 0) is 0 Å². The standard InChI is InChI=1S/C20H22N2O2/c1-4-20(2,3)21-12-14(23)13-24-18-11-7-10-17-19(18)15-8-5-6-9-16(15)22-17/h1,5-11,14,21-23H,12-13H2,2-3H3/t14-/m0/s1. The van der Waals surface area contributed by atoms with Crippen LogP contribution < -0.4 is 10.1 Å². The summed E-state index contributed by atoms with van der Waals surface area (Å²) < 4.78 is 5.88. The number of H-pyrrole nitrogens is 1. The average Bonchev–Trinajstić information content (AvgIpc) is 2.97. The van der Waals surface area contributed by atoms with Crippen molar-refractivity contribution in [1.82, 2.24) is 10.3 Å². The highest BCUT2D eigenvalue weighted by Gasteiger charge is 2.16. The molecule has 0 saturated carbocycles. The Labute approximate surface area is 141 Å². The number of nitrogens with one attached hydrogen (secondary N) is 2. The number of hydrogen-bond donors (Lipinski definition) is 3. The molecule has 1 aromatic heterocycles. The van der Waals surface area contributed by atoms with Crippen LogP contribution >= 0.6 is 0 Å². The topological polar surface area (TPSA) is 57.3 Å².